The number of benzene rings is 2. The fourth-order valence-electron chi connectivity index (χ4n) is 2.84. The molecule has 0 aliphatic carbocycles. The maximum absolute atomic E-state index is 12.7. The van der Waals surface area contributed by atoms with Crippen LogP contribution in [0.3, 0.4) is 0 Å². The summed E-state index contributed by atoms with van der Waals surface area (Å²) in [4.78, 5) is 24.5. The molecule has 0 spiro atoms. The van der Waals surface area contributed by atoms with Crippen LogP contribution in [-0.4, -0.2) is 21.7 Å². The number of nitrogens with two attached hydrogens (primary N) is 1. The molecule has 0 aliphatic heterocycles. The summed E-state index contributed by atoms with van der Waals surface area (Å²) < 4.78 is 7.10. The van der Waals surface area contributed by atoms with E-state index in [4.69, 9.17) is 10.5 Å². The van der Waals surface area contributed by atoms with Crippen molar-refractivity contribution < 1.29 is 14.3 Å². The Morgan fingerprint density at radius 1 is 1.00 bits per heavy atom. The highest BCUT2D eigenvalue weighted by molar-refractivity contribution is 5.94. The molecule has 3 aromatic rings. The van der Waals surface area contributed by atoms with Gasteiger partial charge in [0.2, 0.25) is 6.10 Å². The minimum atomic E-state index is -1.15. The van der Waals surface area contributed by atoms with Gasteiger partial charge < -0.3 is 10.5 Å². The molecule has 1 atom stereocenters. The number of hydrogen-bond donors (Lipinski definition) is 1. The number of hydrogen-bond acceptors (Lipinski definition) is 4. The minimum Gasteiger partial charge on any atom is -0.444 e. The van der Waals surface area contributed by atoms with E-state index < -0.39 is 18.0 Å². The lowest BCUT2D eigenvalue weighted by Crippen LogP contribution is -2.26. The Hall–Kier alpha value is -3.41. The lowest BCUT2D eigenvalue weighted by molar-refractivity contribution is -0.127. The minimum absolute atomic E-state index is 0.330. The molecule has 0 saturated carbocycles. The molecule has 0 fully saturated rings. The van der Waals surface area contributed by atoms with Crippen LogP contribution in [0.25, 0.3) is 5.69 Å². The third kappa shape index (κ3) is 3.35. The summed E-state index contributed by atoms with van der Waals surface area (Å²) in [6.07, 6.45) is -1.15. The van der Waals surface area contributed by atoms with Crippen LogP contribution in [-0.2, 0) is 9.53 Å². The van der Waals surface area contributed by atoms with Crippen molar-refractivity contribution in [2.75, 3.05) is 0 Å². The summed E-state index contributed by atoms with van der Waals surface area (Å²) in [7, 11) is 0. The Balaban J connectivity index is 1.93. The van der Waals surface area contributed by atoms with Crippen LogP contribution in [0.5, 0.6) is 0 Å². The number of aromatic nitrogens is 2. The Bertz CT molecular complexity index is 934. The van der Waals surface area contributed by atoms with E-state index in [-0.39, 0.29) is 0 Å². The molecule has 26 heavy (non-hydrogen) atoms. The predicted octanol–water partition coefficient (Wildman–Crippen LogP) is 2.87. The lowest BCUT2D eigenvalue weighted by Gasteiger charge is -2.15. The van der Waals surface area contributed by atoms with Gasteiger partial charge in [0.1, 0.15) is 5.56 Å². The Morgan fingerprint density at radius 3 is 2.15 bits per heavy atom. The van der Waals surface area contributed by atoms with Crippen molar-refractivity contribution in [3.05, 3.63) is 83.2 Å². The van der Waals surface area contributed by atoms with Crippen LogP contribution in [0.2, 0.25) is 0 Å². The number of nitrogens with zero attached hydrogens (tertiary/aromatic N) is 2. The van der Waals surface area contributed by atoms with Gasteiger partial charge >= 0.3 is 5.97 Å². The second kappa shape index (κ2) is 7.23. The average molecular weight is 349 g/mol. The molecule has 1 aromatic heterocycles. The normalized spacial score (nSPS) is 11.8. The number of rotatable bonds is 5. The van der Waals surface area contributed by atoms with Crippen LogP contribution >= 0.6 is 0 Å². The van der Waals surface area contributed by atoms with Gasteiger partial charge in [-0.2, -0.15) is 5.10 Å². The number of esters is 1. The van der Waals surface area contributed by atoms with E-state index in [2.05, 4.69) is 5.10 Å². The second-order valence-electron chi connectivity index (χ2n) is 5.89. The highest BCUT2D eigenvalue weighted by atomic mass is 16.5. The average Bonchev–Trinajstić information content (AvgIpc) is 2.95. The van der Waals surface area contributed by atoms with E-state index in [0.29, 0.717) is 22.5 Å². The summed E-state index contributed by atoms with van der Waals surface area (Å²) in [6, 6.07) is 18.2. The summed E-state index contributed by atoms with van der Waals surface area (Å²) in [5, 5.41) is 4.43. The Morgan fingerprint density at radius 2 is 1.58 bits per heavy atom. The zero-order valence-corrected chi connectivity index (χ0v) is 14.5. The first-order valence-electron chi connectivity index (χ1n) is 8.16. The van der Waals surface area contributed by atoms with Crippen molar-refractivity contribution in [2.45, 2.75) is 20.0 Å². The first-order valence-corrected chi connectivity index (χ1v) is 8.16. The van der Waals surface area contributed by atoms with Gasteiger partial charge in [-0.15, -0.1) is 0 Å². The van der Waals surface area contributed by atoms with Crippen molar-refractivity contribution in [3.8, 4) is 5.69 Å². The van der Waals surface area contributed by atoms with Gasteiger partial charge in [-0.05, 0) is 26.0 Å². The van der Waals surface area contributed by atoms with Gasteiger partial charge in [0.05, 0.1) is 17.1 Å². The molecular weight excluding hydrogens is 330 g/mol. The highest BCUT2D eigenvalue weighted by Gasteiger charge is 2.27. The van der Waals surface area contributed by atoms with E-state index in [1.165, 1.54) is 0 Å². The van der Waals surface area contributed by atoms with Crippen LogP contribution in [0.15, 0.2) is 60.7 Å². The lowest BCUT2D eigenvalue weighted by atomic mass is 10.1. The third-order valence-electron chi connectivity index (χ3n) is 4.08. The summed E-state index contributed by atoms with van der Waals surface area (Å²) in [5.41, 5.74) is 8.28. The zero-order chi connectivity index (χ0) is 18.7. The van der Waals surface area contributed by atoms with Crippen LogP contribution in [0, 0.1) is 13.8 Å². The Labute approximate surface area is 151 Å². The van der Waals surface area contributed by atoms with E-state index in [0.717, 1.165) is 5.69 Å². The molecule has 0 aliphatic rings. The van der Waals surface area contributed by atoms with Gasteiger partial charge in [-0.3, -0.25) is 4.79 Å². The van der Waals surface area contributed by atoms with Crippen LogP contribution in [0.4, 0.5) is 0 Å². The molecule has 1 heterocycles. The number of carbonyl (C=O) groups is 2. The van der Waals surface area contributed by atoms with E-state index in [1.54, 1.807) is 42.8 Å². The third-order valence-corrected chi connectivity index (χ3v) is 4.08. The molecule has 0 radical (unpaired) electrons. The molecule has 2 aromatic carbocycles. The first-order chi connectivity index (χ1) is 12.5. The SMILES string of the molecule is Cc1nn(-c2ccccc2)c(C)c1C(=O)O[C@@H](C(N)=O)c1ccccc1. The number of primary amides is 1. The molecule has 6 nitrogen and oxygen atoms in total. The molecule has 1 amide bonds. The zero-order valence-electron chi connectivity index (χ0n) is 14.5. The molecule has 2 N–H and O–H groups in total. The summed E-state index contributed by atoms with van der Waals surface area (Å²) in [6.45, 7) is 3.51. The van der Waals surface area contributed by atoms with E-state index in [1.807, 2.05) is 36.4 Å². The smallest absolute Gasteiger partial charge is 0.343 e. The molecule has 0 unspecified atom stereocenters. The molecule has 0 bridgehead atoms. The molecular formula is C20H19N3O3. The number of para-hydroxylation sites is 1. The van der Waals surface area contributed by atoms with Crippen molar-refractivity contribution in [3.63, 3.8) is 0 Å². The highest BCUT2D eigenvalue weighted by Crippen LogP contribution is 2.23. The standard InChI is InChI=1S/C20H19N3O3/c1-13-17(14(2)23(22-13)16-11-7-4-8-12-16)20(25)26-18(19(21)24)15-9-5-3-6-10-15/h3-12,18H,1-2H3,(H2,21,24)/t18-/m1/s1. The maximum Gasteiger partial charge on any atom is 0.343 e. The van der Waals surface area contributed by atoms with E-state index in [9.17, 15) is 9.59 Å². The fraction of sp³-hybridized carbons (Fsp3) is 0.150. The van der Waals surface area contributed by atoms with Gasteiger partial charge in [-0.25, -0.2) is 9.48 Å². The number of ether oxygens (including phenoxy) is 1. The van der Waals surface area contributed by atoms with Crippen molar-refractivity contribution >= 4 is 11.9 Å². The van der Waals surface area contributed by atoms with Gasteiger partial charge in [-0.1, -0.05) is 48.5 Å². The maximum atomic E-state index is 12.7. The fourth-order valence-corrected chi connectivity index (χ4v) is 2.84. The van der Waals surface area contributed by atoms with Crippen molar-refractivity contribution in [1.29, 1.82) is 0 Å². The molecule has 3 rings (SSSR count). The number of amides is 1. The largest absolute Gasteiger partial charge is 0.444 e. The van der Waals surface area contributed by atoms with Crippen LogP contribution in [0.1, 0.15) is 33.4 Å². The van der Waals surface area contributed by atoms with Gasteiger partial charge in [0.15, 0.2) is 0 Å². The first kappa shape index (κ1) is 17.4. The molecule has 6 heteroatoms. The number of carbonyl (C=O) groups excluding carboxylic acids is 2. The topological polar surface area (TPSA) is 87.2 Å². The summed E-state index contributed by atoms with van der Waals surface area (Å²) in [5.74, 6) is -1.36. The van der Waals surface area contributed by atoms with Crippen LogP contribution < -0.4 is 5.73 Å². The molecule has 0 saturated heterocycles. The molecule has 132 valence electrons. The summed E-state index contributed by atoms with van der Waals surface area (Å²) >= 11 is 0. The quantitative estimate of drug-likeness (QED) is 0.718. The van der Waals surface area contributed by atoms with Crippen molar-refractivity contribution in [1.82, 2.24) is 9.78 Å². The number of aryl methyl sites for hydroxylation is 1. The van der Waals surface area contributed by atoms with Gasteiger partial charge in [0.25, 0.3) is 5.91 Å². The monoisotopic (exact) mass is 349 g/mol. The second-order valence-corrected chi connectivity index (χ2v) is 5.89. The Kier molecular flexibility index (Phi) is 4.84. The predicted molar refractivity (Wildman–Crippen MR) is 96.8 cm³/mol. The van der Waals surface area contributed by atoms with E-state index >= 15 is 0 Å². The van der Waals surface area contributed by atoms with Crippen molar-refractivity contribution in [2.24, 2.45) is 5.73 Å². The van der Waals surface area contributed by atoms with Gasteiger partial charge in [0, 0.05) is 5.56 Å².